The first-order chi connectivity index (χ1) is 11.8. The van der Waals surface area contributed by atoms with E-state index in [1.807, 2.05) is 0 Å². The van der Waals surface area contributed by atoms with Gasteiger partial charge < -0.3 is 19.7 Å². The zero-order valence-corrected chi connectivity index (χ0v) is 16.1. The lowest BCUT2D eigenvalue weighted by Gasteiger charge is -1.91. The summed E-state index contributed by atoms with van der Waals surface area (Å²) in [4.78, 5) is 39.5. The van der Waals surface area contributed by atoms with Gasteiger partial charge in [0.25, 0.3) is 0 Å². The summed E-state index contributed by atoms with van der Waals surface area (Å²) >= 11 is 0. The molecule has 148 valence electrons. The van der Waals surface area contributed by atoms with Crippen LogP contribution >= 0.6 is 0 Å². The molecule has 0 spiro atoms. The van der Waals surface area contributed by atoms with Gasteiger partial charge in [0.15, 0.2) is 0 Å². The third-order valence-electron chi connectivity index (χ3n) is 2.04. The summed E-state index contributed by atoms with van der Waals surface area (Å²) < 4.78 is 8.42. The second kappa shape index (κ2) is 19.9. The summed E-state index contributed by atoms with van der Waals surface area (Å²) in [5, 5.41) is 16.0. The lowest BCUT2D eigenvalue weighted by Crippen LogP contribution is -1.98. The third-order valence-corrected chi connectivity index (χ3v) is 2.04. The van der Waals surface area contributed by atoms with E-state index < -0.39 is 17.9 Å². The van der Waals surface area contributed by atoms with Crippen LogP contribution in [-0.2, 0) is 28.7 Å². The molecule has 26 heavy (non-hydrogen) atoms. The molecule has 0 saturated carbocycles. The van der Waals surface area contributed by atoms with E-state index in [0.29, 0.717) is 11.1 Å². The number of allylic oxidation sites excluding steroid dienone is 1. The van der Waals surface area contributed by atoms with E-state index in [2.05, 4.69) is 29.2 Å². The third kappa shape index (κ3) is 28.9. The molecule has 0 aliphatic carbocycles. The molecule has 0 saturated heterocycles. The van der Waals surface area contributed by atoms with Crippen LogP contribution in [-0.4, -0.2) is 48.3 Å². The molecule has 0 rings (SSSR count). The average Bonchev–Trinajstić information content (AvgIpc) is 2.60. The number of carboxylic acid groups (broad SMARTS) is 2. The van der Waals surface area contributed by atoms with Crippen LogP contribution in [0.2, 0.25) is 0 Å². The fourth-order valence-electron chi connectivity index (χ4n) is 0.381. The fourth-order valence-corrected chi connectivity index (χ4v) is 0.381. The van der Waals surface area contributed by atoms with Gasteiger partial charge in [-0.25, -0.2) is 19.2 Å². The molecule has 0 aromatic carbocycles. The maximum atomic E-state index is 10.2. The fraction of sp³-hybridized carbons (Fsp3) is 0.333. The van der Waals surface area contributed by atoms with Crippen LogP contribution in [0, 0.1) is 0 Å². The van der Waals surface area contributed by atoms with Gasteiger partial charge >= 0.3 is 23.9 Å². The molecular formula is C18H28O8. The van der Waals surface area contributed by atoms with Crippen molar-refractivity contribution in [3.05, 3.63) is 48.6 Å². The van der Waals surface area contributed by atoms with Gasteiger partial charge in [-0.3, -0.25) is 0 Å². The number of esters is 2. The molecule has 0 amide bonds. The van der Waals surface area contributed by atoms with Gasteiger partial charge in [-0.1, -0.05) is 25.8 Å². The second-order valence-corrected chi connectivity index (χ2v) is 4.36. The van der Waals surface area contributed by atoms with Crippen LogP contribution in [0.25, 0.3) is 0 Å². The minimum atomic E-state index is -0.935. The van der Waals surface area contributed by atoms with Crippen LogP contribution in [0.4, 0.5) is 0 Å². The van der Waals surface area contributed by atoms with Crippen LogP contribution in [0.1, 0.15) is 27.7 Å². The Labute approximate surface area is 154 Å². The van der Waals surface area contributed by atoms with Crippen LogP contribution in [0.15, 0.2) is 48.6 Å². The Morgan fingerprint density at radius 3 is 1.23 bits per heavy atom. The second-order valence-electron chi connectivity index (χ2n) is 4.36. The first-order valence-corrected chi connectivity index (χ1v) is 7.01. The molecular weight excluding hydrogens is 344 g/mol. The Balaban J connectivity index is -0.000000124. The minimum Gasteiger partial charge on any atom is -0.478 e. The van der Waals surface area contributed by atoms with Gasteiger partial charge in [-0.05, 0) is 27.7 Å². The van der Waals surface area contributed by atoms with Crippen molar-refractivity contribution in [3.63, 3.8) is 0 Å². The molecule has 8 heteroatoms. The highest BCUT2D eigenvalue weighted by atomic mass is 16.5. The van der Waals surface area contributed by atoms with Crippen LogP contribution in [0.3, 0.4) is 0 Å². The van der Waals surface area contributed by atoms with Gasteiger partial charge in [0.1, 0.15) is 0 Å². The lowest BCUT2D eigenvalue weighted by atomic mass is 10.3. The monoisotopic (exact) mass is 372 g/mol. The molecule has 0 heterocycles. The van der Waals surface area contributed by atoms with E-state index >= 15 is 0 Å². The van der Waals surface area contributed by atoms with E-state index in [1.54, 1.807) is 26.8 Å². The van der Waals surface area contributed by atoms with Crippen molar-refractivity contribution in [1.29, 1.82) is 0 Å². The first kappa shape index (κ1) is 30.7. The van der Waals surface area contributed by atoms with E-state index in [4.69, 9.17) is 10.2 Å². The number of carbonyl (C=O) groups is 4. The molecule has 0 fully saturated rings. The van der Waals surface area contributed by atoms with Gasteiger partial charge in [-0.2, -0.15) is 0 Å². The normalized spacial score (nSPS) is 8.46. The maximum absolute atomic E-state index is 10.2. The van der Waals surface area contributed by atoms with Crippen molar-refractivity contribution in [2.75, 3.05) is 14.2 Å². The van der Waals surface area contributed by atoms with E-state index in [-0.39, 0.29) is 11.5 Å². The number of methoxy groups -OCH3 is 2. The molecule has 0 bridgehead atoms. The summed E-state index contributed by atoms with van der Waals surface area (Å²) in [7, 11) is 2.64. The Kier molecular flexibility index (Phi) is 23.5. The summed E-state index contributed by atoms with van der Waals surface area (Å²) in [6, 6.07) is 0. The highest BCUT2D eigenvalue weighted by Crippen LogP contribution is 1.88. The Morgan fingerprint density at radius 1 is 0.846 bits per heavy atom. The summed E-state index contributed by atoms with van der Waals surface area (Å²) in [5.41, 5.74) is 0.998. The Morgan fingerprint density at radius 2 is 1.23 bits per heavy atom. The quantitative estimate of drug-likeness (QED) is 0.569. The zero-order chi connectivity index (χ0) is 21.9. The van der Waals surface area contributed by atoms with Gasteiger partial charge in [0.2, 0.25) is 0 Å². The lowest BCUT2D eigenvalue weighted by molar-refractivity contribution is -0.136. The van der Waals surface area contributed by atoms with Crippen molar-refractivity contribution in [2.45, 2.75) is 27.7 Å². The SMILES string of the molecule is C=C(C)C(=O)O.C=C(C)C(=O)OC.C=CC(=O)OC.CC=C(C)C(=O)O. The molecule has 0 aromatic rings. The molecule has 0 aliphatic heterocycles. The first-order valence-electron chi connectivity index (χ1n) is 7.01. The summed E-state index contributed by atoms with van der Waals surface area (Å²) in [5.74, 6) is -2.52. The smallest absolute Gasteiger partial charge is 0.332 e. The van der Waals surface area contributed by atoms with E-state index in [1.165, 1.54) is 21.1 Å². The van der Waals surface area contributed by atoms with E-state index in [9.17, 15) is 19.2 Å². The minimum absolute atomic E-state index is 0.176. The summed E-state index contributed by atoms with van der Waals surface area (Å²) in [6.45, 7) is 16.0. The van der Waals surface area contributed by atoms with Crippen molar-refractivity contribution in [1.82, 2.24) is 0 Å². The number of hydrogen-bond donors (Lipinski definition) is 2. The van der Waals surface area contributed by atoms with Crippen LogP contribution in [0.5, 0.6) is 0 Å². The molecule has 0 aliphatic rings. The molecule has 2 N–H and O–H groups in total. The molecule has 8 nitrogen and oxygen atoms in total. The topological polar surface area (TPSA) is 127 Å². The Hall–Kier alpha value is -3.16. The van der Waals surface area contributed by atoms with Crippen LogP contribution < -0.4 is 0 Å². The average molecular weight is 372 g/mol. The molecule has 0 atom stereocenters. The highest BCUT2D eigenvalue weighted by Gasteiger charge is 1.95. The largest absolute Gasteiger partial charge is 0.478 e. The number of carbonyl (C=O) groups excluding carboxylic acids is 2. The van der Waals surface area contributed by atoms with E-state index in [0.717, 1.165) is 6.08 Å². The van der Waals surface area contributed by atoms with Gasteiger partial charge in [0, 0.05) is 22.8 Å². The summed E-state index contributed by atoms with van der Waals surface area (Å²) in [6.07, 6.45) is 2.67. The number of carboxylic acids is 2. The predicted molar refractivity (Wildman–Crippen MR) is 98.6 cm³/mol. The van der Waals surface area contributed by atoms with Gasteiger partial charge in [0.05, 0.1) is 14.2 Å². The number of ether oxygens (including phenoxy) is 2. The van der Waals surface area contributed by atoms with Gasteiger partial charge in [-0.15, -0.1) is 0 Å². The molecule has 0 aromatic heterocycles. The standard InChI is InChI=1S/2C5H8O2.2C4H6O2/c1-4(2)5(6)7-3;1-3-4(2)5(6)7;1-3-4(5)6-2;1-3(2)4(5)6/h1H2,2-3H3;3H,1-2H3,(H,6,7);3H,1H2,2H3;1H2,2H3,(H,5,6). The number of rotatable bonds is 4. The zero-order valence-electron chi connectivity index (χ0n) is 16.1. The van der Waals surface area contributed by atoms with Crippen molar-refractivity contribution in [2.24, 2.45) is 0 Å². The molecule has 0 unspecified atom stereocenters. The number of aliphatic carboxylic acids is 2. The highest BCUT2D eigenvalue weighted by molar-refractivity contribution is 5.86. The maximum Gasteiger partial charge on any atom is 0.332 e. The number of hydrogen-bond acceptors (Lipinski definition) is 6. The Bertz CT molecular complexity index is 527. The van der Waals surface area contributed by atoms with Crippen molar-refractivity contribution in [3.8, 4) is 0 Å². The molecule has 0 radical (unpaired) electrons. The van der Waals surface area contributed by atoms with Crippen molar-refractivity contribution >= 4 is 23.9 Å². The predicted octanol–water partition coefficient (Wildman–Crippen LogP) is 2.77. The van der Waals surface area contributed by atoms with Crippen molar-refractivity contribution < 1.29 is 38.9 Å².